The molecular formula is C15H25F3N2O3. The molecule has 0 aromatic carbocycles. The van der Waals surface area contributed by atoms with Crippen molar-refractivity contribution in [3.63, 3.8) is 0 Å². The summed E-state index contributed by atoms with van der Waals surface area (Å²) in [6.07, 6.45) is -2.76. The van der Waals surface area contributed by atoms with Gasteiger partial charge in [-0.05, 0) is 32.6 Å². The molecule has 2 rings (SSSR count). The molecule has 2 fully saturated rings. The van der Waals surface area contributed by atoms with Gasteiger partial charge in [0.2, 0.25) is 0 Å². The van der Waals surface area contributed by atoms with Gasteiger partial charge in [0.25, 0.3) is 0 Å². The zero-order valence-corrected chi connectivity index (χ0v) is 13.5. The lowest BCUT2D eigenvalue weighted by molar-refractivity contribution is -0.189. The molecule has 0 spiro atoms. The van der Waals surface area contributed by atoms with E-state index in [0.29, 0.717) is 32.7 Å². The Balaban J connectivity index is 1.70. The van der Waals surface area contributed by atoms with Gasteiger partial charge in [-0.3, -0.25) is 0 Å². The fourth-order valence-electron chi connectivity index (χ4n) is 3.11. The van der Waals surface area contributed by atoms with E-state index in [1.807, 2.05) is 6.92 Å². The number of alkyl halides is 3. The maximum Gasteiger partial charge on any atom is 0.389 e. The van der Waals surface area contributed by atoms with Crippen LogP contribution in [0, 0.1) is 5.92 Å². The molecule has 8 heteroatoms. The number of carbonyl (C=O) groups is 1. The second-order valence-electron chi connectivity index (χ2n) is 6.30. The Bertz CT molecular complexity index is 398. The molecular weight excluding hydrogens is 313 g/mol. The summed E-state index contributed by atoms with van der Waals surface area (Å²) in [5.41, 5.74) is 0. The van der Waals surface area contributed by atoms with Crippen LogP contribution in [0.15, 0.2) is 0 Å². The quantitative estimate of drug-likeness (QED) is 0.784. The summed E-state index contributed by atoms with van der Waals surface area (Å²) < 4.78 is 47.5. The number of unbranched alkanes of at least 4 members (excludes halogenated alkanes) is 1. The number of amides is 2. The molecule has 0 aliphatic carbocycles. The Morgan fingerprint density at radius 3 is 2.65 bits per heavy atom. The molecule has 2 amide bonds. The van der Waals surface area contributed by atoms with Gasteiger partial charge in [0.15, 0.2) is 5.79 Å². The predicted molar refractivity (Wildman–Crippen MR) is 77.9 cm³/mol. The first-order valence-corrected chi connectivity index (χ1v) is 8.18. The van der Waals surface area contributed by atoms with Crippen LogP contribution >= 0.6 is 0 Å². The lowest BCUT2D eigenvalue weighted by Crippen LogP contribution is -2.51. The van der Waals surface area contributed by atoms with E-state index < -0.39 is 18.4 Å². The highest BCUT2D eigenvalue weighted by Gasteiger charge is 2.42. The standard InChI is InChI=1S/C15H25F3N2O3/c1-14(22-9-10-23-14)12-5-4-8-20(11-12)13(21)19-7-3-2-6-15(16,17)18/h12H,2-11H2,1H3,(H,19,21)/t12-/m0/s1. The second-order valence-corrected chi connectivity index (χ2v) is 6.30. The highest BCUT2D eigenvalue weighted by molar-refractivity contribution is 5.74. The van der Waals surface area contributed by atoms with Crippen molar-refractivity contribution in [1.29, 1.82) is 0 Å². The average Bonchev–Trinajstić information content (AvgIpc) is 2.94. The summed E-state index contributed by atoms with van der Waals surface area (Å²) in [5.74, 6) is -0.513. The normalized spacial score (nSPS) is 24.7. The molecule has 23 heavy (non-hydrogen) atoms. The molecule has 5 nitrogen and oxygen atoms in total. The van der Waals surface area contributed by atoms with Crippen LogP contribution in [0.1, 0.15) is 39.0 Å². The monoisotopic (exact) mass is 338 g/mol. The van der Waals surface area contributed by atoms with E-state index in [-0.39, 0.29) is 24.9 Å². The molecule has 2 aliphatic rings. The summed E-state index contributed by atoms with van der Waals surface area (Å²) >= 11 is 0. The van der Waals surface area contributed by atoms with Gasteiger partial charge in [0.1, 0.15) is 0 Å². The first-order valence-electron chi connectivity index (χ1n) is 8.18. The molecule has 2 heterocycles. The molecule has 0 unspecified atom stereocenters. The van der Waals surface area contributed by atoms with Gasteiger partial charge < -0.3 is 19.7 Å². The maximum atomic E-state index is 12.1. The van der Waals surface area contributed by atoms with Gasteiger partial charge in [0.05, 0.1) is 13.2 Å². The fourth-order valence-corrected chi connectivity index (χ4v) is 3.11. The first-order chi connectivity index (χ1) is 10.8. The van der Waals surface area contributed by atoms with Gasteiger partial charge in [-0.15, -0.1) is 0 Å². The average molecular weight is 338 g/mol. The summed E-state index contributed by atoms with van der Waals surface area (Å²) in [7, 11) is 0. The number of carbonyl (C=O) groups excluding carboxylic acids is 1. The first kappa shape index (κ1) is 18.3. The van der Waals surface area contributed by atoms with E-state index in [2.05, 4.69) is 5.32 Å². The fraction of sp³-hybridized carbons (Fsp3) is 0.933. The van der Waals surface area contributed by atoms with Crippen LogP contribution in [0.2, 0.25) is 0 Å². The molecule has 1 N–H and O–H groups in total. The third-order valence-electron chi connectivity index (χ3n) is 4.47. The highest BCUT2D eigenvalue weighted by atomic mass is 19.4. The summed E-state index contributed by atoms with van der Waals surface area (Å²) in [6.45, 7) is 4.51. The smallest absolute Gasteiger partial charge is 0.347 e. The number of nitrogens with zero attached hydrogens (tertiary/aromatic N) is 1. The third kappa shape index (κ3) is 5.53. The summed E-state index contributed by atoms with van der Waals surface area (Å²) in [4.78, 5) is 13.8. The Labute approximate surface area is 134 Å². The Morgan fingerprint density at radius 1 is 1.30 bits per heavy atom. The van der Waals surface area contributed by atoms with Crippen LogP contribution in [-0.4, -0.2) is 55.7 Å². The third-order valence-corrected chi connectivity index (χ3v) is 4.47. The van der Waals surface area contributed by atoms with E-state index >= 15 is 0 Å². The number of urea groups is 1. The molecule has 0 aromatic rings. The van der Waals surface area contributed by atoms with E-state index in [4.69, 9.17) is 9.47 Å². The summed E-state index contributed by atoms with van der Waals surface area (Å²) in [5, 5.41) is 2.70. The Kier molecular flexibility index (Phi) is 6.13. The minimum absolute atomic E-state index is 0.0339. The molecule has 2 aliphatic heterocycles. The molecule has 2 saturated heterocycles. The minimum atomic E-state index is -4.12. The van der Waals surface area contributed by atoms with Crippen molar-refractivity contribution in [2.75, 3.05) is 32.8 Å². The second kappa shape index (κ2) is 7.70. The van der Waals surface area contributed by atoms with Crippen LogP contribution in [0.5, 0.6) is 0 Å². The van der Waals surface area contributed by atoms with E-state index in [1.165, 1.54) is 0 Å². The maximum absolute atomic E-state index is 12.1. The number of rotatable bonds is 5. The lowest BCUT2D eigenvalue weighted by Gasteiger charge is -2.39. The van der Waals surface area contributed by atoms with Crippen molar-refractivity contribution in [3.05, 3.63) is 0 Å². The number of ether oxygens (including phenoxy) is 2. The summed E-state index contributed by atoms with van der Waals surface area (Å²) in [6, 6.07) is -0.219. The molecule has 0 aromatic heterocycles. The van der Waals surface area contributed by atoms with Gasteiger partial charge in [-0.25, -0.2) is 4.79 Å². The van der Waals surface area contributed by atoms with Crippen molar-refractivity contribution >= 4 is 6.03 Å². The minimum Gasteiger partial charge on any atom is -0.347 e. The van der Waals surface area contributed by atoms with E-state index in [0.717, 1.165) is 12.8 Å². The lowest BCUT2D eigenvalue weighted by atomic mass is 9.90. The van der Waals surface area contributed by atoms with Crippen LogP contribution in [0.4, 0.5) is 18.0 Å². The van der Waals surface area contributed by atoms with Crippen molar-refractivity contribution < 1.29 is 27.4 Å². The van der Waals surface area contributed by atoms with E-state index in [1.54, 1.807) is 4.90 Å². The predicted octanol–water partition coefficient (Wildman–Crippen LogP) is 2.90. The number of hydrogen-bond donors (Lipinski definition) is 1. The number of halogens is 3. The Hall–Kier alpha value is -1.02. The number of nitrogens with one attached hydrogen (secondary N) is 1. The molecule has 1 atom stereocenters. The largest absolute Gasteiger partial charge is 0.389 e. The highest BCUT2D eigenvalue weighted by Crippen LogP contribution is 2.34. The topological polar surface area (TPSA) is 50.8 Å². The number of likely N-dealkylation sites (tertiary alicyclic amines) is 1. The number of piperidine rings is 1. The molecule has 0 radical (unpaired) electrons. The van der Waals surface area contributed by atoms with Crippen molar-refractivity contribution in [1.82, 2.24) is 10.2 Å². The Morgan fingerprint density at radius 2 is 2.00 bits per heavy atom. The zero-order chi connectivity index (χ0) is 16.9. The molecule has 0 bridgehead atoms. The SMILES string of the molecule is CC1([C@H]2CCCN(C(=O)NCCCCC(F)(F)F)C2)OCCO1. The zero-order valence-electron chi connectivity index (χ0n) is 13.5. The van der Waals surface area contributed by atoms with Crippen molar-refractivity contribution in [3.8, 4) is 0 Å². The molecule has 134 valence electrons. The van der Waals surface area contributed by atoms with Crippen LogP contribution < -0.4 is 5.32 Å². The van der Waals surface area contributed by atoms with Gasteiger partial charge in [-0.2, -0.15) is 13.2 Å². The van der Waals surface area contributed by atoms with Crippen LogP contribution in [-0.2, 0) is 9.47 Å². The van der Waals surface area contributed by atoms with Crippen LogP contribution in [0.25, 0.3) is 0 Å². The number of hydrogen-bond acceptors (Lipinski definition) is 3. The van der Waals surface area contributed by atoms with Gasteiger partial charge in [0, 0.05) is 32.0 Å². The van der Waals surface area contributed by atoms with Gasteiger partial charge >= 0.3 is 12.2 Å². The van der Waals surface area contributed by atoms with Crippen molar-refractivity contribution in [2.45, 2.75) is 51.0 Å². The van der Waals surface area contributed by atoms with E-state index in [9.17, 15) is 18.0 Å². The van der Waals surface area contributed by atoms with Crippen LogP contribution in [0.3, 0.4) is 0 Å². The van der Waals surface area contributed by atoms with Crippen molar-refractivity contribution in [2.24, 2.45) is 5.92 Å². The van der Waals surface area contributed by atoms with Gasteiger partial charge in [-0.1, -0.05) is 0 Å². The molecule has 0 saturated carbocycles.